The third kappa shape index (κ3) is 1.84. The van der Waals surface area contributed by atoms with Crippen molar-refractivity contribution in [2.24, 2.45) is 0 Å². The summed E-state index contributed by atoms with van der Waals surface area (Å²) in [6.07, 6.45) is 0.318. The van der Waals surface area contributed by atoms with Gasteiger partial charge in [0.15, 0.2) is 6.29 Å². The smallest absolute Gasteiger partial charge is 0.184 e. The molecule has 1 saturated heterocycles. The Bertz CT molecular complexity index is 245. The molecule has 0 N–H and O–H groups in total. The topological polar surface area (TPSA) is 21.8 Å². The average molecular weight is 164 g/mol. The van der Waals surface area contributed by atoms with Crippen molar-refractivity contribution in [3.63, 3.8) is 0 Å². The first-order valence-electron chi connectivity index (χ1n) is 4.17. The van der Waals surface area contributed by atoms with Gasteiger partial charge < -0.3 is 9.47 Å². The predicted molar refractivity (Wildman–Crippen MR) is 45.6 cm³/mol. The van der Waals surface area contributed by atoms with E-state index in [0.717, 1.165) is 0 Å². The van der Waals surface area contributed by atoms with E-state index in [-0.39, 0.29) is 12.4 Å². The number of ether oxygens (including phenoxy) is 2. The molecule has 0 radical (unpaired) electrons. The Morgan fingerprint density at radius 2 is 2.00 bits per heavy atom. The van der Waals surface area contributed by atoms with Crippen LogP contribution >= 0.6 is 0 Å². The van der Waals surface area contributed by atoms with Crippen LogP contribution in [0.4, 0.5) is 0 Å². The van der Waals surface area contributed by atoms with Crippen LogP contribution in [0.2, 0.25) is 0 Å². The second-order valence-corrected chi connectivity index (χ2v) is 3.01. The molecule has 64 valence electrons. The molecule has 1 aromatic rings. The highest BCUT2D eigenvalue weighted by atomic mass is 16.8. The fraction of sp³-hybridized carbons (Fsp3) is 0.400. The molecule has 0 amide bonds. The lowest BCUT2D eigenvalue weighted by Gasteiger charge is -1.99. The minimum atomic E-state index is 0.0326. The lowest BCUT2D eigenvalue weighted by Crippen LogP contribution is -1.97. The molecule has 0 bridgehead atoms. The third-order valence-corrected chi connectivity index (χ3v) is 1.91. The summed E-state index contributed by atoms with van der Waals surface area (Å²) in [6, 6.07) is 10.1. The van der Waals surface area contributed by atoms with E-state index >= 15 is 0 Å². The number of hydrogen-bond acceptors (Lipinski definition) is 2. The molecule has 1 aliphatic heterocycles. The van der Waals surface area contributed by atoms with Gasteiger partial charge in [0.25, 0.3) is 0 Å². The zero-order valence-corrected chi connectivity index (χ0v) is 7.07. The van der Waals surface area contributed by atoms with Crippen molar-refractivity contribution in [2.45, 2.75) is 25.9 Å². The standard InChI is InChI=1S/C10H12O2/c1-8-10(12-8)11-7-9-5-3-2-4-6-9/h2-6,8,10H,7H2,1H3. The summed E-state index contributed by atoms with van der Waals surface area (Å²) >= 11 is 0. The van der Waals surface area contributed by atoms with Crippen molar-refractivity contribution in [1.82, 2.24) is 0 Å². The maximum absolute atomic E-state index is 5.43. The molecule has 0 aliphatic carbocycles. The van der Waals surface area contributed by atoms with Gasteiger partial charge in [0.05, 0.1) is 6.61 Å². The number of rotatable bonds is 3. The Kier molecular flexibility index (Phi) is 2.11. The van der Waals surface area contributed by atoms with Crippen molar-refractivity contribution < 1.29 is 9.47 Å². The summed E-state index contributed by atoms with van der Waals surface area (Å²) in [5.74, 6) is 0. The second kappa shape index (κ2) is 3.25. The van der Waals surface area contributed by atoms with Crippen LogP contribution in [0.15, 0.2) is 30.3 Å². The van der Waals surface area contributed by atoms with Crippen LogP contribution in [-0.2, 0) is 16.1 Å². The third-order valence-electron chi connectivity index (χ3n) is 1.91. The summed E-state index contributed by atoms with van der Waals surface area (Å²) in [6.45, 7) is 2.66. The van der Waals surface area contributed by atoms with E-state index in [1.165, 1.54) is 5.56 Å². The molecule has 2 atom stereocenters. The monoisotopic (exact) mass is 164 g/mol. The Morgan fingerprint density at radius 1 is 1.33 bits per heavy atom. The molecule has 0 spiro atoms. The molecule has 1 fully saturated rings. The van der Waals surface area contributed by atoms with Gasteiger partial charge in [0.1, 0.15) is 6.10 Å². The molecular formula is C10H12O2. The van der Waals surface area contributed by atoms with Crippen LogP contribution in [0.25, 0.3) is 0 Å². The van der Waals surface area contributed by atoms with Crippen LogP contribution in [-0.4, -0.2) is 12.4 Å². The minimum Gasteiger partial charge on any atom is -0.345 e. The summed E-state index contributed by atoms with van der Waals surface area (Å²) in [5.41, 5.74) is 1.19. The largest absolute Gasteiger partial charge is 0.345 e. The van der Waals surface area contributed by atoms with Crippen molar-refractivity contribution in [2.75, 3.05) is 0 Å². The van der Waals surface area contributed by atoms with Crippen LogP contribution in [0, 0.1) is 0 Å². The van der Waals surface area contributed by atoms with E-state index in [1.807, 2.05) is 37.3 Å². The van der Waals surface area contributed by atoms with Crippen molar-refractivity contribution >= 4 is 0 Å². The van der Waals surface area contributed by atoms with Gasteiger partial charge in [-0.05, 0) is 12.5 Å². The number of benzene rings is 1. The maximum Gasteiger partial charge on any atom is 0.184 e. The van der Waals surface area contributed by atoms with Gasteiger partial charge in [-0.3, -0.25) is 0 Å². The van der Waals surface area contributed by atoms with Crippen molar-refractivity contribution in [1.29, 1.82) is 0 Å². The fourth-order valence-electron chi connectivity index (χ4n) is 1.09. The molecule has 12 heavy (non-hydrogen) atoms. The van der Waals surface area contributed by atoms with E-state index in [1.54, 1.807) is 0 Å². The van der Waals surface area contributed by atoms with E-state index in [0.29, 0.717) is 6.61 Å². The summed E-state index contributed by atoms with van der Waals surface area (Å²) < 4.78 is 10.5. The molecule has 1 heterocycles. The molecule has 2 rings (SSSR count). The van der Waals surface area contributed by atoms with Crippen LogP contribution < -0.4 is 0 Å². The fourth-order valence-corrected chi connectivity index (χ4v) is 1.09. The van der Waals surface area contributed by atoms with Gasteiger partial charge in [-0.1, -0.05) is 30.3 Å². The lowest BCUT2D eigenvalue weighted by molar-refractivity contribution is 0.0385. The van der Waals surface area contributed by atoms with Crippen molar-refractivity contribution in [3.8, 4) is 0 Å². The van der Waals surface area contributed by atoms with E-state index in [9.17, 15) is 0 Å². The van der Waals surface area contributed by atoms with Gasteiger partial charge in [-0.25, -0.2) is 0 Å². The highest BCUT2D eigenvalue weighted by molar-refractivity contribution is 5.13. The molecule has 2 heteroatoms. The first-order valence-corrected chi connectivity index (χ1v) is 4.17. The Balaban J connectivity index is 1.80. The maximum atomic E-state index is 5.43. The Hall–Kier alpha value is -0.860. The van der Waals surface area contributed by atoms with Gasteiger partial charge in [-0.15, -0.1) is 0 Å². The first-order chi connectivity index (χ1) is 5.86. The van der Waals surface area contributed by atoms with Crippen LogP contribution in [0.3, 0.4) is 0 Å². The van der Waals surface area contributed by atoms with Gasteiger partial charge in [0.2, 0.25) is 0 Å². The van der Waals surface area contributed by atoms with Crippen LogP contribution in [0.5, 0.6) is 0 Å². The molecule has 1 aromatic carbocycles. The van der Waals surface area contributed by atoms with Gasteiger partial charge >= 0.3 is 0 Å². The van der Waals surface area contributed by atoms with Gasteiger partial charge in [0, 0.05) is 0 Å². The quantitative estimate of drug-likeness (QED) is 0.637. The van der Waals surface area contributed by atoms with E-state index < -0.39 is 0 Å². The number of hydrogen-bond donors (Lipinski definition) is 0. The summed E-state index contributed by atoms with van der Waals surface area (Å²) in [7, 11) is 0. The average Bonchev–Trinajstić information content (AvgIpc) is 2.81. The van der Waals surface area contributed by atoms with Crippen molar-refractivity contribution in [3.05, 3.63) is 35.9 Å². The van der Waals surface area contributed by atoms with Crippen LogP contribution in [0.1, 0.15) is 12.5 Å². The highest BCUT2D eigenvalue weighted by Crippen LogP contribution is 2.23. The molecule has 1 aliphatic rings. The normalized spacial score (nSPS) is 27.1. The van der Waals surface area contributed by atoms with E-state index in [2.05, 4.69) is 0 Å². The minimum absolute atomic E-state index is 0.0326. The SMILES string of the molecule is CC1OC1OCc1ccccc1. The highest BCUT2D eigenvalue weighted by Gasteiger charge is 2.35. The van der Waals surface area contributed by atoms with E-state index in [4.69, 9.17) is 9.47 Å². The molecular weight excluding hydrogens is 152 g/mol. The predicted octanol–water partition coefficient (Wildman–Crippen LogP) is 1.95. The summed E-state index contributed by atoms with van der Waals surface area (Å²) in [5, 5.41) is 0. The Morgan fingerprint density at radius 3 is 2.58 bits per heavy atom. The van der Waals surface area contributed by atoms with Gasteiger partial charge in [-0.2, -0.15) is 0 Å². The zero-order valence-electron chi connectivity index (χ0n) is 7.07. The molecule has 0 saturated carbocycles. The first kappa shape index (κ1) is 7.77. The zero-order chi connectivity index (χ0) is 8.39. The second-order valence-electron chi connectivity index (χ2n) is 3.01. The molecule has 2 unspecified atom stereocenters. The molecule has 2 nitrogen and oxygen atoms in total. The Labute approximate surface area is 72.1 Å². The lowest BCUT2D eigenvalue weighted by atomic mass is 10.2. The number of epoxide rings is 1. The molecule has 0 aromatic heterocycles. The summed E-state index contributed by atoms with van der Waals surface area (Å²) in [4.78, 5) is 0.